The van der Waals surface area contributed by atoms with E-state index < -0.39 is 41.0 Å². The minimum atomic E-state index is -3.21. The van der Waals surface area contributed by atoms with Crippen molar-refractivity contribution >= 4 is 17.9 Å². The molecule has 0 unspecified atom stereocenters. The van der Waals surface area contributed by atoms with Gasteiger partial charge in [0.05, 0.1) is 25.0 Å². The topological polar surface area (TPSA) is 78.9 Å². The van der Waals surface area contributed by atoms with Crippen LogP contribution in [0.3, 0.4) is 0 Å². The molecular formula is C22H31FO6. The highest BCUT2D eigenvalue weighted by molar-refractivity contribution is 6.05. The first kappa shape index (κ1) is 24.6. The molecule has 0 N–H and O–H groups in total. The van der Waals surface area contributed by atoms with Crippen molar-refractivity contribution in [1.82, 2.24) is 0 Å². The van der Waals surface area contributed by atoms with Gasteiger partial charge in [-0.1, -0.05) is 36.8 Å². The first-order valence-electron chi connectivity index (χ1n) is 9.71. The van der Waals surface area contributed by atoms with E-state index in [1.165, 1.54) is 20.8 Å². The van der Waals surface area contributed by atoms with Crippen molar-refractivity contribution in [3.05, 3.63) is 35.4 Å². The highest BCUT2D eigenvalue weighted by Gasteiger charge is 2.60. The van der Waals surface area contributed by atoms with Crippen LogP contribution in [-0.2, 0) is 28.6 Å². The molecule has 1 aromatic carbocycles. The maximum absolute atomic E-state index is 16.3. The van der Waals surface area contributed by atoms with Crippen molar-refractivity contribution in [1.29, 1.82) is 0 Å². The Morgan fingerprint density at radius 3 is 1.79 bits per heavy atom. The second-order valence-electron chi connectivity index (χ2n) is 7.86. The lowest BCUT2D eigenvalue weighted by Crippen LogP contribution is -2.53. The van der Waals surface area contributed by atoms with Crippen molar-refractivity contribution < 1.29 is 33.0 Å². The van der Waals surface area contributed by atoms with Crippen molar-refractivity contribution in [2.45, 2.75) is 65.7 Å². The summed E-state index contributed by atoms with van der Waals surface area (Å²) >= 11 is 0. The number of hydrogen-bond donors (Lipinski definition) is 0. The van der Waals surface area contributed by atoms with Gasteiger partial charge in [0.15, 0.2) is 0 Å². The number of rotatable bonds is 8. The van der Waals surface area contributed by atoms with E-state index in [2.05, 4.69) is 0 Å². The molecule has 0 heterocycles. The van der Waals surface area contributed by atoms with Crippen LogP contribution in [0.25, 0.3) is 0 Å². The monoisotopic (exact) mass is 410 g/mol. The highest BCUT2D eigenvalue weighted by atomic mass is 19.1. The number of carbonyl (C=O) groups excluding carboxylic acids is 3. The number of esters is 3. The van der Waals surface area contributed by atoms with Gasteiger partial charge in [-0.2, -0.15) is 0 Å². The van der Waals surface area contributed by atoms with E-state index in [1.807, 2.05) is 6.92 Å². The standard InChI is InChI=1S/C22H31FO6/c1-8-27-19(25)22(23,20(26)28-9-2)17(16-12-10-14(3)11-13-16)15(4)18(24)29-21(5,6)7/h10-13,15,17H,8-9H2,1-7H3/t15-,17-/m0/s1. The largest absolute Gasteiger partial charge is 0.463 e. The third-order valence-electron chi connectivity index (χ3n) is 4.29. The summed E-state index contributed by atoms with van der Waals surface area (Å²) in [6, 6.07) is 6.57. The molecule has 6 nitrogen and oxygen atoms in total. The number of aryl methyl sites for hydroxylation is 1. The Morgan fingerprint density at radius 1 is 0.966 bits per heavy atom. The molecule has 1 aromatic rings. The Kier molecular flexibility index (Phi) is 8.36. The molecular weight excluding hydrogens is 379 g/mol. The predicted molar refractivity (Wildman–Crippen MR) is 106 cm³/mol. The van der Waals surface area contributed by atoms with Crippen LogP contribution in [0, 0.1) is 12.8 Å². The predicted octanol–water partition coefficient (Wildman–Crippen LogP) is 3.89. The summed E-state index contributed by atoms with van der Waals surface area (Å²) in [4.78, 5) is 38.0. The molecule has 0 spiro atoms. The smallest absolute Gasteiger partial charge is 0.356 e. The van der Waals surface area contributed by atoms with Gasteiger partial charge in [-0.15, -0.1) is 0 Å². The molecule has 0 aliphatic heterocycles. The molecule has 7 heteroatoms. The summed E-state index contributed by atoms with van der Waals surface area (Å²) < 4.78 is 31.4. The Labute approximate surface area is 171 Å². The number of hydrogen-bond acceptors (Lipinski definition) is 6. The van der Waals surface area contributed by atoms with Gasteiger partial charge in [-0.25, -0.2) is 14.0 Å². The van der Waals surface area contributed by atoms with Crippen LogP contribution in [0.15, 0.2) is 24.3 Å². The van der Waals surface area contributed by atoms with E-state index in [-0.39, 0.29) is 18.8 Å². The SMILES string of the molecule is CCOC(=O)C(F)(C(=O)OCC)[C@H](c1ccc(C)cc1)[C@H](C)C(=O)OC(C)(C)C. The summed E-state index contributed by atoms with van der Waals surface area (Å²) in [5.74, 6) is -6.18. The minimum absolute atomic E-state index is 0.134. The number of halogens is 1. The summed E-state index contributed by atoms with van der Waals surface area (Å²) in [5, 5.41) is 0. The normalized spacial score (nSPS) is 13.9. The van der Waals surface area contributed by atoms with Crippen molar-refractivity contribution in [3.8, 4) is 0 Å². The molecule has 0 fully saturated rings. The average Bonchev–Trinajstić information content (AvgIpc) is 2.62. The lowest BCUT2D eigenvalue weighted by atomic mass is 9.75. The molecule has 0 amide bonds. The number of ether oxygens (including phenoxy) is 3. The van der Waals surface area contributed by atoms with Crippen molar-refractivity contribution in [2.75, 3.05) is 13.2 Å². The maximum atomic E-state index is 16.3. The number of alkyl halides is 1. The van der Waals surface area contributed by atoms with Crippen LogP contribution in [0.1, 0.15) is 58.6 Å². The van der Waals surface area contributed by atoms with Gasteiger partial charge in [-0.3, -0.25) is 4.79 Å². The van der Waals surface area contributed by atoms with Gasteiger partial charge in [0.25, 0.3) is 0 Å². The fraction of sp³-hybridized carbons (Fsp3) is 0.591. The molecule has 0 radical (unpaired) electrons. The lowest BCUT2D eigenvalue weighted by molar-refractivity contribution is -0.180. The minimum Gasteiger partial charge on any atom is -0.463 e. The third-order valence-corrected chi connectivity index (χ3v) is 4.29. The molecule has 0 bridgehead atoms. The van der Waals surface area contributed by atoms with E-state index >= 15 is 4.39 Å². The second-order valence-corrected chi connectivity index (χ2v) is 7.86. The van der Waals surface area contributed by atoms with Crippen LogP contribution in [-0.4, -0.2) is 42.4 Å². The molecule has 162 valence electrons. The van der Waals surface area contributed by atoms with Crippen molar-refractivity contribution in [2.24, 2.45) is 5.92 Å². The summed E-state index contributed by atoms with van der Waals surface area (Å²) in [7, 11) is 0. The van der Waals surface area contributed by atoms with Crippen LogP contribution in [0.2, 0.25) is 0 Å². The molecule has 2 atom stereocenters. The molecule has 0 aromatic heterocycles. The van der Waals surface area contributed by atoms with Crippen LogP contribution < -0.4 is 0 Å². The first-order valence-corrected chi connectivity index (χ1v) is 9.71. The molecule has 0 aliphatic carbocycles. The number of benzene rings is 1. The van der Waals surface area contributed by atoms with Gasteiger partial charge in [-0.05, 0) is 47.1 Å². The van der Waals surface area contributed by atoms with Crippen LogP contribution in [0.4, 0.5) is 4.39 Å². The van der Waals surface area contributed by atoms with Crippen molar-refractivity contribution in [3.63, 3.8) is 0 Å². The fourth-order valence-electron chi connectivity index (χ4n) is 2.98. The Hall–Kier alpha value is -2.44. The molecule has 1 rings (SSSR count). The van der Waals surface area contributed by atoms with E-state index in [0.29, 0.717) is 0 Å². The van der Waals surface area contributed by atoms with Gasteiger partial charge in [0.1, 0.15) is 5.60 Å². The van der Waals surface area contributed by atoms with Gasteiger partial charge < -0.3 is 14.2 Å². The van der Waals surface area contributed by atoms with Crippen LogP contribution in [0.5, 0.6) is 0 Å². The zero-order valence-corrected chi connectivity index (χ0v) is 18.2. The molecule has 0 saturated carbocycles. The Bertz CT molecular complexity index is 702. The summed E-state index contributed by atoms with van der Waals surface area (Å²) in [5.41, 5.74) is -2.85. The fourth-order valence-corrected chi connectivity index (χ4v) is 2.98. The quantitative estimate of drug-likeness (QED) is 0.368. The molecule has 0 aliphatic rings. The Morgan fingerprint density at radius 2 is 1.41 bits per heavy atom. The Balaban J connectivity index is 3.60. The van der Waals surface area contributed by atoms with E-state index in [0.717, 1.165) is 5.56 Å². The summed E-state index contributed by atoms with van der Waals surface area (Å²) in [6.45, 7) is 11.0. The third kappa shape index (κ3) is 6.02. The highest BCUT2D eigenvalue weighted by Crippen LogP contribution is 2.41. The maximum Gasteiger partial charge on any atom is 0.356 e. The molecule has 29 heavy (non-hydrogen) atoms. The van der Waals surface area contributed by atoms with E-state index in [4.69, 9.17) is 14.2 Å². The average molecular weight is 410 g/mol. The van der Waals surface area contributed by atoms with E-state index in [9.17, 15) is 14.4 Å². The zero-order valence-electron chi connectivity index (χ0n) is 18.2. The van der Waals surface area contributed by atoms with Gasteiger partial charge in [0, 0.05) is 0 Å². The van der Waals surface area contributed by atoms with Gasteiger partial charge in [0.2, 0.25) is 0 Å². The lowest BCUT2D eigenvalue weighted by Gasteiger charge is -2.34. The van der Waals surface area contributed by atoms with Crippen LogP contribution >= 0.6 is 0 Å². The summed E-state index contributed by atoms with van der Waals surface area (Å²) in [6.07, 6.45) is 0. The van der Waals surface area contributed by atoms with E-state index in [1.54, 1.807) is 45.0 Å². The second kappa shape index (κ2) is 9.85. The molecule has 0 saturated heterocycles. The number of carbonyl (C=O) groups is 3. The first-order chi connectivity index (χ1) is 13.4. The zero-order chi connectivity index (χ0) is 22.4. The van der Waals surface area contributed by atoms with Gasteiger partial charge >= 0.3 is 23.6 Å².